The first-order valence-electron chi connectivity index (χ1n) is 7.56. The first-order chi connectivity index (χ1) is 9.83. The van der Waals surface area contributed by atoms with E-state index in [4.69, 9.17) is 5.73 Å². The van der Waals surface area contributed by atoms with Crippen molar-refractivity contribution in [3.05, 3.63) is 24.4 Å². The molecule has 5 nitrogen and oxygen atoms in total. The molecule has 1 atom stereocenters. The van der Waals surface area contributed by atoms with Crippen molar-refractivity contribution in [2.75, 3.05) is 18.4 Å². The molecule has 1 aliphatic carbocycles. The molecule has 3 rings (SSSR count). The van der Waals surface area contributed by atoms with Crippen molar-refractivity contribution in [3.8, 4) is 0 Å². The molecule has 0 amide bonds. The van der Waals surface area contributed by atoms with Crippen LogP contribution in [0.25, 0.3) is 0 Å². The molecule has 1 saturated carbocycles. The van der Waals surface area contributed by atoms with Gasteiger partial charge in [0.05, 0.1) is 6.54 Å². The highest BCUT2D eigenvalue weighted by Crippen LogP contribution is 2.32. The molecule has 108 valence electrons. The molecular formula is C15H23N5. The highest BCUT2D eigenvalue weighted by Gasteiger charge is 2.34. The lowest BCUT2D eigenvalue weighted by molar-refractivity contribution is 0.144. The van der Waals surface area contributed by atoms with Crippen LogP contribution < -0.4 is 11.1 Å². The van der Waals surface area contributed by atoms with Crippen molar-refractivity contribution in [3.63, 3.8) is 0 Å². The largest absolute Gasteiger partial charge is 0.370 e. The summed E-state index contributed by atoms with van der Waals surface area (Å²) in [4.78, 5) is 11.3. The molecule has 5 heteroatoms. The van der Waals surface area contributed by atoms with Gasteiger partial charge in [-0.3, -0.25) is 9.89 Å². The maximum absolute atomic E-state index is 5.94. The highest BCUT2D eigenvalue weighted by atomic mass is 15.2. The average molecular weight is 273 g/mol. The van der Waals surface area contributed by atoms with E-state index in [0.29, 0.717) is 12.0 Å². The number of hydrogen-bond donors (Lipinski definition) is 2. The normalized spacial score (nSPS) is 24.6. The predicted octanol–water partition coefficient (Wildman–Crippen LogP) is 1.83. The van der Waals surface area contributed by atoms with Gasteiger partial charge < -0.3 is 11.1 Å². The van der Waals surface area contributed by atoms with Crippen molar-refractivity contribution in [2.24, 2.45) is 10.7 Å². The number of guanidine groups is 1. The summed E-state index contributed by atoms with van der Waals surface area (Å²) in [5.41, 5.74) is 5.94. The number of piperidine rings is 1. The van der Waals surface area contributed by atoms with Crippen LogP contribution in [0.3, 0.4) is 0 Å². The van der Waals surface area contributed by atoms with Gasteiger partial charge in [0.1, 0.15) is 5.82 Å². The number of rotatable bonds is 4. The SMILES string of the molecule is NC(=NCC1CCCCN1C1CC1)Nc1ccccn1. The molecule has 20 heavy (non-hydrogen) atoms. The van der Waals surface area contributed by atoms with Crippen LogP contribution >= 0.6 is 0 Å². The molecule has 3 N–H and O–H groups in total. The summed E-state index contributed by atoms with van der Waals surface area (Å²) in [5.74, 6) is 1.21. The molecule has 1 aromatic rings. The molecule has 1 unspecified atom stereocenters. The van der Waals surface area contributed by atoms with Crippen LogP contribution in [0.1, 0.15) is 32.1 Å². The number of likely N-dealkylation sites (tertiary alicyclic amines) is 1. The van der Waals surface area contributed by atoms with Crippen LogP contribution in [0.4, 0.5) is 5.82 Å². The van der Waals surface area contributed by atoms with Crippen molar-refractivity contribution in [1.82, 2.24) is 9.88 Å². The fourth-order valence-electron chi connectivity index (χ4n) is 2.92. The smallest absolute Gasteiger partial charge is 0.194 e. The molecule has 2 aliphatic rings. The fourth-order valence-corrected chi connectivity index (χ4v) is 2.92. The summed E-state index contributed by atoms with van der Waals surface area (Å²) < 4.78 is 0. The van der Waals surface area contributed by atoms with E-state index in [2.05, 4.69) is 20.2 Å². The minimum Gasteiger partial charge on any atom is -0.370 e. The Morgan fingerprint density at radius 1 is 1.35 bits per heavy atom. The molecular weight excluding hydrogens is 250 g/mol. The second-order valence-electron chi connectivity index (χ2n) is 5.68. The lowest BCUT2D eigenvalue weighted by Crippen LogP contribution is -2.43. The van der Waals surface area contributed by atoms with Crippen molar-refractivity contribution < 1.29 is 0 Å². The van der Waals surface area contributed by atoms with E-state index in [1.165, 1.54) is 38.6 Å². The molecule has 0 spiro atoms. The number of nitrogens with one attached hydrogen (secondary N) is 1. The van der Waals surface area contributed by atoms with Gasteiger partial charge in [-0.25, -0.2) is 4.98 Å². The first kappa shape index (κ1) is 13.4. The average Bonchev–Trinajstić information content (AvgIpc) is 3.31. The Labute approximate surface area is 120 Å². The van der Waals surface area contributed by atoms with Gasteiger partial charge in [0, 0.05) is 18.3 Å². The van der Waals surface area contributed by atoms with Crippen LogP contribution in [-0.2, 0) is 0 Å². The Bertz CT molecular complexity index is 455. The topological polar surface area (TPSA) is 66.5 Å². The lowest BCUT2D eigenvalue weighted by Gasteiger charge is -2.35. The molecule has 1 aromatic heterocycles. The fraction of sp³-hybridized carbons (Fsp3) is 0.600. The Hall–Kier alpha value is -1.62. The second kappa shape index (κ2) is 6.22. The Kier molecular flexibility index (Phi) is 4.16. The van der Waals surface area contributed by atoms with Gasteiger partial charge in [0.25, 0.3) is 0 Å². The second-order valence-corrected chi connectivity index (χ2v) is 5.68. The predicted molar refractivity (Wildman–Crippen MR) is 81.7 cm³/mol. The van der Waals surface area contributed by atoms with Gasteiger partial charge in [-0.05, 0) is 44.4 Å². The number of nitrogens with two attached hydrogens (primary N) is 1. The van der Waals surface area contributed by atoms with Crippen LogP contribution in [0.15, 0.2) is 29.4 Å². The number of anilines is 1. The van der Waals surface area contributed by atoms with Crippen LogP contribution in [-0.4, -0.2) is 41.0 Å². The standard InChI is InChI=1S/C15H23N5/c16-15(19-14-6-1-3-9-17-14)18-11-13-5-2-4-10-20(13)12-7-8-12/h1,3,6,9,12-13H,2,4-5,7-8,10-11H2,(H3,16,17,18,19). The van der Waals surface area contributed by atoms with Crippen molar-refractivity contribution in [1.29, 1.82) is 0 Å². The maximum atomic E-state index is 5.94. The van der Waals surface area contributed by atoms with E-state index in [-0.39, 0.29) is 0 Å². The van der Waals surface area contributed by atoms with E-state index in [1.807, 2.05) is 18.2 Å². The summed E-state index contributed by atoms with van der Waals surface area (Å²) in [6.07, 6.45) is 8.36. The van der Waals surface area contributed by atoms with Crippen molar-refractivity contribution in [2.45, 2.75) is 44.2 Å². The van der Waals surface area contributed by atoms with Gasteiger partial charge in [0.2, 0.25) is 0 Å². The van der Waals surface area contributed by atoms with Gasteiger partial charge in [-0.15, -0.1) is 0 Å². The third-order valence-electron chi connectivity index (χ3n) is 4.08. The van der Waals surface area contributed by atoms with Gasteiger partial charge >= 0.3 is 0 Å². The summed E-state index contributed by atoms with van der Waals surface area (Å²) >= 11 is 0. The quantitative estimate of drug-likeness (QED) is 0.649. The molecule has 0 radical (unpaired) electrons. The first-order valence-corrected chi connectivity index (χ1v) is 7.56. The van der Waals surface area contributed by atoms with E-state index in [0.717, 1.165) is 18.4 Å². The van der Waals surface area contributed by atoms with E-state index in [9.17, 15) is 0 Å². The van der Waals surface area contributed by atoms with E-state index >= 15 is 0 Å². The summed E-state index contributed by atoms with van der Waals surface area (Å²) in [6.45, 7) is 2.03. The van der Waals surface area contributed by atoms with Gasteiger partial charge in [-0.2, -0.15) is 0 Å². The summed E-state index contributed by atoms with van der Waals surface area (Å²) in [5, 5.41) is 3.04. The Morgan fingerprint density at radius 2 is 2.25 bits per heavy atom. The lowest BCUT2D eigenvalue weighted by atomic mass is 10.0. The van der Waals surface area contributed by atoms with Crippen LogP contribution in [0, 0.1) is 0 Å². The van der Waals surface area contributed by atoms with Gasteiger partial charge in [-0.1, -0.05) is 12.5 Å². The van der Waals surface area contributed by atoms with Crippen LogP contribution in [0.5, 0.6) is 0 Å². The number of hydrogen-bond acceptors (Lipinski definition) is 3. The number of pyridine rings is 1. The molecule has 0 aromatic carbocycles. The highest BCUT2D eigenvalue weighted by molar-refractivity contribution is 5.91. The number of aliphatic imine (C=N–C) groups is 1. The van der Waals surface area contributed by atoms with E-state index < -0.39 is 0 Å². The monoisotopic (exact) mass is 273 g/mol. The third kappa shape index (κ3) is 3.48. The zero-order valence-electron chi connectivity index (χ0n) is 11.8. The number of aromatic nitrogens is 1. The molecule has 1 aliphatic heterocycles. The minimum absolute atomic E-state index is 0.463. The molecule has 1 saturated heterocycles. The van der Waals surface area contributed by atoms with Gasteiger partial charge in [0.15, 0.2) is 5.96 Å². The Morgan fingerprint density at radius 3 is 3.00 bits per heavy atom. The molecule has 2 heterocycles. The van der Waals surface area contributed by atoms with E-state index in [1.54, 1.807) is 6.20 Å². The zero-order chi connectivity index (χ0) is 13.8. The number of nitrogens with zero attached hydrogens (tertiary/aromatic N) is 3. The third-order valence-corrected chi connectivity index (χ3v) is 4.08. The summed E-state index contributed by atoms with van der Waals surface area (Å²) in [7, 11) is 0. The minimum atomic E-state index is 0.463. The maximum Gasteiger partial charge on any atom is 0.194 e. The van der Waals surface area contributed by atoms with Crippen LogP contribution in [0.2, 0.25) is 0 Å². The van der Waals surface area contributed by atoms with Crippen molar-refractivity contribution >= 4 is 11.8 Å². The molecule has 2 fully saturated rings. The zero-order valence-corrected chi connectivity index (χ0v) is 11.8. The summed E-state index contributed by atoms with van der Waals surface area (Å²) in [6, 6.07) is 7.09. The molecule has 0 bridgehead atoms. The Balaban J connectivity index is 1.55.